The van der Waals surface area contributed by atoms with Crippen LogP contribution in [0.1, 0.15) is 16.2 Å². The van der Waals surface area contributed by atoms with E-state index in [-0.39, 0.29) is 4.83 Å². The van der Waals surface area contributed by atoms with Crippen LogP contribution in [0.4, 0.5) is 0 Å². The molecule has 0 radical (unpaired) electrons. The van der Waals surface area contributed by atoms with Crippen LogP contribution >= 0.6 is 27.5 Å². The normalized spacial score (nSPS) is 12.2. The fraction of sp³-hybridized carbons (Fsp3) is 0.231. The van der Waals surface area contributed by atoms with E-state index in [4.69, 9.17) is 25.5 Å². The molecule has 1 heterocycles. The van der Waals surface area contributed by atoms with Crippen molar-refractivity contribution in [3.8, 4) is 11.5 Å². The fourth-order valence-corrected chi connectivity index (χ4v) is 2.69. The number of furan rings is 1. The van der Waals surface area contributed by atoms with Crippen molar-refractivity contribution in [2.24, 2.45) is 0 Å². The monoisotopic (exact) mass is 330 g/mol. The molecule has 1 unspecified atom stereocenters. The Morgan fingerprint density at radius 2 is 1.89 bits per heavy atom. The maximum absolute atomic E-state index is 6.24. The first-order valence-corrected chi connectivity index (χ1v) is 6.55. The molecule has 0 bridgehead atoms. The van der Waals surface area contributed by atoms with Gasteiger partial charge in [-0.2, -0.15) is 0 Å². The first-order valence-electron chi connectivity index (χ1n) is 5.26. The molecule has 1 aromatic heterocycles. The van der Waals surface area contributed by atoms with E-state index in [0.29, 0.717) is 16.5 Å². The van der Waals surface area contributed by atoms with Crippen molar-refractivity contribution in [1.82, 2.24) is 0 Å². The van der Waals surface area contributed by atoms with Crippen LogP contribution in [0.5, 0.6) is 11.5 Å². The minimum Gasteiger partial charge on any atom is -0.493 e. The molecule has 96 valence electrons. The van der Waals surface area contributed by atoms with Crippen molar-refractivity contribution in [2.45, 2.75) is 4.83 Å². The number of methoxy groups -OCH3 is 2. The molecule has 2 aromatic rings. The van der Waals surface area contributed by atoms with Crippen LogP contribution in [0.3, 0.4) is 0 Å². The van der Waals surface area contributed by atoms with Crippen LogP contribution < -0.4 is 9.47 Å². The predicted octanol–water partition coefficient (Wildman–Crippen LogP) is 4.43. The number of ether oxygens (including phenoxy) is 2. The van der Waals surface area contributed by atoms with Crippen molar-refractivity contribution in [2.75, 3.05) is 14.2 Å². The molecule has 3 nitrogen and oxygen atoms in total. The van der Waals surface area contributed by atoms with Crippen molar-refractivity contribution >= 4 is 27.5 Å². The van der Waals surface area contributed by atoms with Crippen molar-refractivity contribution < 1.29 is 13.9 Å². The second-order valence-corrected chi connectivity index (χ2v) is 4.93. The van der Waals surface area contributed by atoms with Crippen molar-refractivity contribution in [3.05, 3.63) is 46.9 Å². The quantitative estimate of drug-likeness (QED) is 0.777. The van der Waals surface area contributed by atoms with Gasteiger partial charge in [-0.3, -0.25) is 0 Å². The zero-order valence-electron chi connectivity index (χ0n) is 9.94. The number of hydrogen-bond donors (Lipinski definition) is 0. The Labute approximate surface area is 119 Å². The van der Waals surface area contributed by atoms with Gasteiger partial charge in [-0.25, -0.2) is 0 Å². The molecule has 0 fully saturated rings. The number of benzene rings is 1. The first kappa shape index (κ1) is 13.3. The van der Waals surface area contributed by atoms with Crippen molar-refractivity contribution in [3.63, 3.8) is 0 Å². The summed E-state index contributed by atoms with van der Waals surface area (Å²) in [5, 5.41) is 0.589. The molecule has 2 rings (SSSR count). The van der Waals surface area contributed by atoms with Gasteiger partial charge in [-0.15, -0.1) is 0 Å². The molecule has 0 amide bonds. The van der Waals surface area contributed by atoms with Crippen LogP contribution in [-0.2, 0) is 0 Å². The standard InChI is InChI=1S/C13H12BrClO3/c1-16-11-6-8(9(15)7-12(11)17-2)13(14)10-4-3-5-18-10/h3-7,13H,1-2H3. The highest BCUT2D eigenvalue weighted by atomic mass is 79.9. The highest BCUT2D eigenvalue weighted by Crippen LogP contribution is 2.41. The Morgan fingerprint density at radius 3 is 2.44 bits per heavy atom. The molecular formula is C13H12BrClO3. The second kappa shape index (κ2) is 5.67. The zero-order valence-corrected chi connectivity index (χ0v) is 12.3. The van der Waals surface area contributed by atoms with E-state index >= 15 is 0 Å². The molecule has 18 heavy (non-hydrogen) atoms. The lowest BCUT2D eigenvalue weighted by atomic mass is 10.1. The summed E-state index contributed by atoms with van der Waals surface area (Å²) in [4.78, 5) is -0.125. The van der Waals surface area contributed by atoms with E-state index in [1.807, 2.05) is 18.2 Å². The lowest BCUT2D eigenvalue weighted by Crippen LogP contribution is -1.96. The summed E-state index contributed by atoms with van der Waals surface area (Å²) in [6, 6.07) is 7.28. The Hall–Kier alpha value is -1.13. The van der Waals surface area contributed by atoms with Gasteiger partial charge < -0.3 is 13.9 Å². The van der Waals surface area contributed by atoms with Crippen LogP contribution in [0.25, 0.3) is 0 Å². The Bertz CT molecular complexity index is 525. The fourth-order valence-electron chi connectivity index (χ4n) is 1.65. The van der Waals surface area contributed by atoms with Crippen molar-refractivity contribution in [1.29, 1.82) is 0 Å². The molecule has 0 aliphatic rings. The SMILES string of the molecule is COc1cc(Cl)c(C(Br)c2ccco2)cc1OC. The number of alkyl halides is 1. The maximum atomic E-state index is 6.24. The summed E-state index contributed by atoms with van der Waals surface area (Å²) in [7, 11) is 3.16. The number of halogens is 2. The zero-order chi connectivity index (χ0) is 13.1. The van der Waals surface area contributed by atoms with E-state index in [1.165, 1.54) is 0 Å². The van der Waals surface area contributed by atoms with Gasteiger partial charge in [0.25, 0.3) is 0 Å². The van der Waals surface area contributed by atoms with E-state index in [0.717, 1.165) is 11.3 Å². The minimum atomic E-state index is -0.125. The van der Waals surface area contributed by atoms with Gasteiger partial charge >= 0.3 is 0 Å². The molecule has 0 aliphatic carbocycles. The van der Waals surface area contributed by atoms with Gasteiger partial charge in [0.05, 0.1) is 25.3 Å². The lowest BCUT2D eigenvalue weighted by molar-refractivity contribution is 0.354. The van der Waals surface area contributed by atoms with Gasteiger partial charge in [0.2, 0.25) is 0 Å². The molecule has 0 aliphatic heterocycles. The third kappa shape index (κ3) is 2.49. The molecule has 0 N–H and O–H groups in total. The minimum absolute atomic E-state index is 0.125. The van der Waals surface area contributed by atoms with E-state index in [2.05, 4.69) is 15.9 Å². The van der Waals surface area contributed by atoms with E-state index in [1.54, 1.807) is 26.5 Å². The smallest absolute Gasteiger partial charge is 0.162 e. The van der Waals surface area contributed by atoms with Crippen LogP contribution in [0.15, 0.2) is 34.9 Å². The summed E-state index contributed by atoms with van der Waals surface area (Å²) in [6.07, 6.45) is 1.62. The van der Waals surface area contributed by atoms with Gasteiger partial charge in [-0.1, -0.05) is 27.5 Å². The maximum Gasteiger partial charge on any atom is 0.162 e. The summed E-state index contributed by atoms with van der Waals surface area (Å²) >= 11 is 9.80. The second-order valence-electron chi connectivity index (χ2n) is 3.61. The van der Waals surface area contributed by atoms with Crippen LogP contribution in [0.2, 0.25) is 5.02 Å². The summed E-state index contributed by atoms with van der Waals surface area (Å²) in [6.45, 7) is 0. The third-order valence-electron chi connectivity index (χ3n) is 2.57. The molecule has 5 heteroatoms. The number of hydrogen-bond acceptors (Lipinski definition) is 3. The third-order valence-corrected chi connectivity index (χ3v) is 3.84. The Balaban J connectivity index is 2.45. The molecule has 0 saturated heterocycles. The average Bonchev–Trinajstić information content (AvgIpc) is 2.91. The molecule has 0 saturated carbocycles. The molecule has 1 atom stereocenters. The van der Waals surface area contributed by atoms with E-state index in [9.17, 15) is 0 Å². The van der Waals surface area contributed by atoms with Crippen LogP contribution in [0, 0.1) is 0 Å². The van der Waals surface area contributed by atoms with Gasteiger partial charge in [-0.05, 0) is 23.8 Å². The molecule has 1 aromatic carbocycles. The topological polar surface area (TPSA) is 31.6 Å². The highest BCUT2D eigenvalue weighted by molar-refractivity contribution is 9.09. The van der Waals surface area contributed by atoms with Crippen LogP contribution in [-0.4, -0.2) is 14.2 Å². The summed E-state index contributed by atoms with van der Waals surface area (Å²) in [5.41, 5.74) is 0.865. The average molecular weight is 332 g/mol. The summed E-state index contributed by atoms with van der Waals surface area (Å²) in [5.74, 6) is 2.02. The lowest BCUT2D eigenvalue weighted by Gasteiger charge is -2.14. The largest absolute Gasteiger partial charge is 0.493 e. The van der Waals surface area contributed by atoms with Gasteiger partial charge in [0, 0.05) is 11.1 Å². The number of rotatable bonds is 4. The Kier molecular flexibility index (Phi) is 4.19. The van der Waals surface area contributed by atoms with Gasteiger partial charge in [0.15, 0.2) is 11.5 Å². The van der Waals surface area contributed by atoms with Gasteiger partial charge in [0.1, 0.15) is 5.76 Å². The van der Waals surface area contributed by atoms with E-state index < -0.39 is 0 Å². The molecular weight excluding hydrogens is 319 g/mol. The summed E-state index contributed by atoms with van der Waals surface area (Å²) < 4.78 is 15.8. The first-order chi connectivity index (χ1) is 8.67. The molecule has 0 spiro atoms. The highest BCUT2D eigenvalue weighted by Gasteiger charge is 2.19. The Morgan fingerprint density at radius 1 is 1.22 bits per heavy atom. The predicted molar refractivity (Wildman–Crippen MR) is 74.0 cm³/mol.